The first-order chi connectivity index (χ1) is 14.1. The third kappa shape index (κ3) is 5.04. The summed E-state index contributed by atoms with van der Waals surface area (Å²) in [5, 5.41) is 0.756. The van der Waals surface area contributed by atoms with Gasteiger partial charge in [-0.05, 0) is 40.7 Å². The molecule has 0 unspecified atom stereocenters. The average Bonchev–Trinajstić information content (AvgIpc) is 2.66. The van der Waals surface area contributed by atoms with Crippen LogP contribution in [0.1, 0.15) is 5.56 Å². The number of alkyl halides is 3. The summed E-state index contributed by atoms with van der Waals surface area (Å²) in [4.78, 5) is 33.8. The Bertz CT molecular complexity index is 856. The highest BCUT2D eigenvalue weighted by Gasteiger charge is 2.45. The van der Waals surface area contributed by atoms with Crippen LogP contribution in [0.3, 0.4) is 0 Å². The van der Waals surface area contributed by atoms with Crippen LogP contribution in [0, 0.1) is 5.82 Å². The van der Waals surface area contributed by atoms with Gasteiger partial charge in [-0.15, -0.1) is 0 Å². The maximum absolute atomic E-state index is 13.5. The number of piperazine rings is 1. The zero-order chi connectivity index (χ0) is 22.1. The molecule has 0 aliphatic carbocycles. The fourth-order valence-corrected chi connectivity index (χ4v) is 3.85. The molecule has 0 saturated carbocycles. The maximum atomic E-state index is 13.5. The molecule has 7 nitrogen and oxygen atoms in total. The molecule has 0 spiro atoms. The number of nitrogens with zero attached hydrogens (tertiary/aromatic N) is 4. The van der Waals surface area contributed by atoms with Gasteiger partial charge in [-0.1, -0.05) is 12.1 Å². The Morgan fingerprint density at radius 2 is 1.87 bits per heavy atom. The lowest BCUT2D eigenvalue weighted by molar-refractivity contribution is -0.242. The summed E-state index contributed by atoms with van der Waals surface area (Å²) in [7, 11) is 1.90. The molecule has 1 aromatic carbocycles. The first-order valence-corrected chi connectivity index (χ1v) is 9.79. The van der Waals surface area contributed by atoms with Crippen LogP contribution in [-0.4, -0.2) is 77.7 Å². The molecule has 30 heavy (non-hydrogen) atoms. The normalized spacial score (nSPS) is 18.9. The molecular formula is C18H19BrF4N4O3. The number of hydrogen-bond acceptors (Lipinski definition) is 6. The molecule has 164 valence electrons. The van der Waals surface area contributed by atoms with Crippen molar-refractivity contribution >= 4 is 27.8 Å². The average molecular weight is 495 g/mol. The van der Waals surface area contributed by atoms with Crippen LogP contribution < -0.4 is 0 Å². The van der Waals surface area contributed by atoms with Gasteiger partial charge in [-0.2, -0.15) is 18.2 Å². The van der Waals surface area contributed by atoms with Crippen molar-refractivity contribution in [1.82, 2.24) is 19.8 Å². The SMILES string of the molecule is CN1CCN(C2=C(Br)C(=O)N(Cc3cccc(F)c3)CN2OC(=O)C(F)(F)F)CC1. The van der Waals surface area contributed by atoms with Crippen molar-refractivity contribution in [3.63, 3.8) is 0 Å². The van der Waals surface area contributed by atoms with Gasteiger partial charge in [0.15, 0.2) is 5.82 Å². The quantitative estimate of drug-likeness (QED) is 0.598. The summed E-state index contributed by atoms with van der Waals surface area (Å²) in [6.45, 7) is 1.57. The highest BCUT2D eigenvalue weighted by molar-refractivity contribution is 9.12. The van der Waals surface area contributed by atoms with Crippen LogP contribution in [-0.2, 0) is 21.0 Å². The molecular weight excluding hydrogens is 476 g/mol. The number of rotatable bonds is 4. The smallest absolute Gasteiger partial charge is 0.352 e. The highest BCUT2D eigenvalue weighted by Crippen LogP contribution is 2.31. The third-order valence-electron chi connectivity index (χ3n) is 4.70. The summed E-state index contributed by atoms with van der Waals surface area (Å²) in [5.41, 5.74) is 0.439. The van der Waals surface area contributed by atoms with E-state index in [0.29, 0.717) is 31.7 Å². The lowest BCUT2D eigenvalue weighted by atomic mass is 10.2. The Kier molecular flexibility index (Phi) is 6.56. The van der Waals surface area contributed by atoms with Gasteiger partial charge < -0.3 is 19.5 Å². The summed E-state index contributed by atoms with van der Waals surface area (Å²) in [6, 6.07) is 5.49. The van der Waals surface area contributed by atoms with Crippen LogP contribution in [0.5, 0.6) is 0 Å². The fraction of sp³-hybridized carbons (Fsp3) is 0.444. The number of hydroxylamine groups is 2. The Morgan fingerprint density at radius 3 is 2.47 bits per heavy atom. The van der Waals surface area contributed by atoms with Crippen LogP contribution in [0.4, 0.5) is 17.6 Å². The largest absolute Gasteiger partial charge is 0.493 e. The minimum Gasteiger partial charge on any atom is -0.352 e. The topological polar surface area (TPSA) is 56.3 Å². The second-order valence-corrected chi connectivity index (χ2v) is 7.75. The molecule has 12 heteroatoms. The van der Waals surface area contributed by atoms with Crippen LogP contribution >= 0.6 is 15.9 Å². The minimum atomic E-state index is -5.20. The van der Waals surface area contributed by atoms with Crippen molar-refractivity contribution in [2.45, 2.75) is 12.7 Å². The van der Waals surface area contributed by atoms with Gasteiger partial charge in [0.1, 0.15) is 17.0 Å². The summed E-state index contributed by atoms with van der Waals surface area (Å²) in [5.74, 6) is -3.35. The first-order valence-electron chi connectivity index (χ1n) is 9.00. The zero-order valence-corrected chi connectivity index (χ0v) is 17.5. The van der Waals surface area contributed by atoms with Crippen LogP contribution in [0.2, 0.25) is 0 Å². The third-order valence-corrected chi connectivity index (χ3v) is 5.39. The number of hydrogen-bond donors (Lipinski definition) is 0. The van der Waals surface area contributed by atoms with E-state index in [9.17, 15) is 27.2 Å². The molecule has 0 atom stereocenters. The molecule has 2 aliphatic rings. The van der Waals surface area contributed by atoms with E-state index in [1.54, 1.807) is 11.0 Å². The Hall–Kier alpha value is -2.34. The Balaban J connectivity index is 1.90. The van der Waals surface area contributed by atoms with Crippen molar-refractivity contribution in [1.29, 1.82) is 0 Å². The molecule has 0 aromatic heterocycles. The standard InChI is InChI=1S/C18H19BrF4N4O3/c1-24-5-7-25(8-6-24)15-14(19)16(28)26(10-12-3-2-4-13(20)9-12)11-27(15)30-17(29)18(21,22)23/h2-4,9H,5-8,10-11H2,1H3. The molecule has 3 rings (SSSR count). The van der Waals surface area contributed by atoms with Gasteiger partial charge in [0.05, 0.1) is 0 Å². The predicted molar refractivity (Wildman–Crippen MR) is 101 cm³/mol. The van der Waals surface area contributed by atoms with Gasteiger partial charge in [-0.25, -0.2) is 9.18 Å². The van der Waals surface area contributed by atoms with E-state index in [-0.39, 0.29) is 16.8 Å². The van der Waals surface area contributed by atoms with Gasteiger partial charge in [0.2, 0.25) is 0 Å². The number of amides is 1. The van der Waals surface area contributed by atoms with Crippen molar-refractivity contribution in [2.75, 3.05) is 39.9 Å². The number of benzene rings is 1. The highest BCUT2D eigenvalue weighted by atomic mass is 79.9. The molecule has 1 aromatic rings. The molecule has 0 radical (unpaired) electrons. The predicted octanol–water partition coefficient (Wildman–Crippen LogP) is 2.26. The number of carbonyl (C=O) groups is 2. The molecule has 0 bridgehead atoms. The molecule has 2 heterocycles. The zero-order valence-electron chi connectivity index (χ0n) is 16.0. The van der Waals surface area contributed by atoms with Crippen molar-refractivity contribution < 1.29 is 32.0 Å². The van der Waals surface area contributed by atoms with Gasteiger partial charge in [0.25, 0.3) is 5.91 Å². The Morgan fingerprint density at radius 1 is 1.20 bits per heavy atom. The van der Waals surface area contributed by atoms with Crippen LogP contribution in [0.25, 0.3) is 0 Å². The van der Waals surface area contributed by atoms with Crippen molar-refractivity contribution in [2.24, 2.45) is 0 Å². The van der Waals surface area contributed by atoms with Crippen molar-refractivity contribution in [3.8, 4) is 0 Å². The number of carbonyl (C=O) groups excluding carboxylic acids is 2. The molecule has 1 fully saturated rings. The van der Waals surface area contributed by atoms with E-state index in [2.05, 4.69) is 20.8 Å². The van der Waals surface area contributed by atoms with E-state index in [1.807, 2.05) is 11.9 Å². The van der Waals surface area contributed by atoms with Crippen LogP contribution in [0.15, 0.2) is 34.6 Å². The molecule has 0 N–H and O–H groups in total. The fourth-order valence-electron chi connectivity index (χ4n) is 3.15. The second kappa shape index (κ2) is 8.80. The number of halogens is 5. The monoisotopic (exact) mass is 494 g/mol. The van der Waals surface area contributed by atoms with Crippen molar-refractivity contribution in [3.05, 3.63) is 45.9 Å². The van der Waals surface area contributed by atoms with Gasteiger partial charge in [0, 0.05) is 32.7 Å². The second-order valence-electron chi connectivity index (χ2n) is 6.96. The lowest BCUT2D eigenvalue weighted by Gasteiger charge is -2.43. The summed E-state index contributed by atoms with van der Waals surface area (Å²) < 4.78 is 51.9. The Labute approximate surface area is 178 Å². The molecule has 1 saturated heterocycles. The first kappa shape index (κ1) is 22.3. The summed E-state index contributed by atoms with van der Waals surface area (Å²) in [6.07, 6.45) is -5.20. The van der Waals surface area contributed by atoms with Gasteiger partial charge >= 0.3 is 12.1 Å². The van der Waals surface area contributed by atoms with Gasteiger partial charge in [-0.3, -0.25) is 4.79 Å². The molecule has 1 amide bonds. The maximum Gasteiger partial charge on any atom is 0.493 e. The van der Waals surface area contributed by atoms with E-state index < -0.39 is 30.5 Å². The van der Waals surface area contributed by atoms with E-state index in [4.69, 9.17) is 0 Å². The molecule has 2 aliphatic heterocycles. The minimum absolute atomic E-state index is 0.0373. The van der Waals surface area contributed by atoms with E-state index >= 15 is 0 Å². The van der Waals surface area contributed by atoms with E-state index in [0.717, 1.165) is 9.96 Å². The number of likely N-dealkylation sites (N-methyl/N-ethyl adjacent to an activating group) is 1. The summed E-state index contributed by atoms with van der Waals surface area (Å²) >= 11 is 3.16. The lowest BCUT2D eigenvalue weighted by Crippen LogP contribution is -2.54. The van der Waals surface area contributed by atoms with E-state index in [1.165, 1.54) is 18.2 Å².